The summed E-state index contributed by atoms with van der Waals surface area (Å²) >= 11 is 0. The number of aryl methyl sites for hydroxylation is 1. The number of sulfone groups is 1. The van der Waals surface area contributed by atoms with Gasteiger partial charge in [0.1, 0.15) is 6.61 Å². The van der Waals surface area contributed by atoms with Gasteiger partial charge in [0.15, 0.2) is 14.9 Å². The molecule has 32 heavy (non-hydrogen) atoms. The van der Waals surface area contributed by atoms with Crippen LogP contribution in [0.2, 0.25) is 0 Å². The van der Waals surface area contributed by atoms with Gasteiger partial charge in [-0.15, -0.1) is 0 Å². The molecule has 0 unspecified atom stereocenters. The van der Waals surface area contributed by atoms with E-state index in [9.17, 15) is 13.2 Å². The maximum absolute atomic E-state index is 12.8. The first-order valence-corrected chi connectivity index (χ1v) is 12.1. The normalized spacial score (nSPS) is 11.2. The van der Waals surface area contributed by atoms with Gasteiger partial charge < -0.3 is 9.64 Å². The Hall–Kier alpha value is -3.33. The van der Waals surface area contributed by atoms with E-state index in [4.69, 9.17) is 4.74 Å². The number of carbonyl (C=O) groups is 1. The molecule has 170 valence electrons. The minimum atomic E-state index is -3.70. The number of hydrogen-bond acceptors (Lipinski definition) is 6. The molecule has 3 rings (SSSR count). The molecule has 8 nitrogen and oxygen atoms in total. The molecule has 0 spiro atoms. The predicted molar refractivity (Wildman–Crippen MR) is 125 cm³/mol. The molecule has 0 aliphatic carbocycles. The van der Waals surface area contributed by atoms with Gasteiger partial charge in [0, 0.05) is 24.5 Å². The van der Waals surface area contributed by atoms with Crippen molar-refractivity contribution < 1.29 is 17.9 Å². The largest absolute Gasteiger partial charge is 0.448 e. The van der Waals surface area contributed by atoms with Crippen molar-refractivity contribution in [3.8, 4) is 5.69 Å². The highest BCUT2D eigenvalue weighted by Crippen LogP contribution is 2.23. The Bertz CT molecular complexity index is 1160. The SMILES string of the molecule is CCN(CC)c1ccc(NC(=O)OCCS(=O)(=O)c2ccnn2-c2ccccc2)c(C)c1. The van der Waals surface area contributed by atoms with Crippen molar-refractivity contribution in [1.29, 1.82) is 0 Å². The Labute approximate surface area is 188 Å². The summed E-state index contributed by atoms with van der Waals surface area (Å²) in [5, 5.41) is 6.84. The van der Waals surface area contributed by atoms with Crippen LogP contribution in [0.15, 0.2) is 65.8 Å². The number of amides is 1. The molecule has 0 radical (unpaired) electrons. The van der Waals surface area contributed by atoms with Crippen LogP contribution in [-0.4, -0.2) is 49.7 Å². The molecule has 2 aromatic carbocycles. The summed E-state index contributed by atoms with van der Waals surface area (Å²) in [6.45, 7) is 7.58. The number of para-hydroxylation sites is 1. The van der Waals surface area contributed by atoms with E-state index in [1.807, 2.05) is 31.2 Å². The average Bonchev–Trinajstić information content (AvgIpc) is 3.28. The third-order valence-corrected chi connectivity index (χ3v) is 6.74. The Morgan fingerprint density at radius 3 is 2.47 bits per heavy atom. The Morgan fingerprint density at radius 2 is 1.81 bits per heavy atom. The summed E-state index contributed by atoms with van der Waals surface area (Å²) in [5.74, 6) is -0.348. The highest BCUT2D eigenvalue weighted by atomic mass is 32.2. The number of nitrogens with zero attached hydrogens (tertiary/aromatic N) is 3. The molecule has 1 heterocycles. The number of anilines is 2. The van der Waals surface area contributed by atoms with Gasteiger partial charge in [-0.05, 0) is 62.7 Å². The van der Waals surface area contributed by atoms with Gasteiger partial charge in [-0.1, -0.05) is 18.2 Å². The molecule has 1 amide bonds. The van der Waals surface area contributed by atoms with Crippen LogP contribution in [0.4, 0.5) is 16.2 Å². The molecule has 0 fully saturated rings. The maximum Gasteiger partial charge on any atom is 0.411 e. The van der Waals surface area contributed by atoms with Gasteiger partial charge in [-0.3, -0.25) is 5.32 Å². The molecule has 0 aliphatic rings. The van der Waals surface area contributed by atoms with Crippen LogP contribution in [0, 0.1) is 6.92 Å². The number of benzene rings is 2. The topological polar surface area (TPSA) is 93.5 Å². The van der Waals surface area contributed by atoms with Crippen LogP contribution in [0.1, 0.15) is 19.4 Å². The fourth-order valence-corrected chi connectivity index (χ4v) is 4.55. The molecule has 9 heteroatoms. The molecule has 0 atom stereocenters. The fraction of sp³-hybridized carbons (Fsp3) is 0.304. The van der Waals surface area contributed by atoms with Crippen LogP contribution in [0.5, 0.6) is 0 Å². The van der Waals surface area contributed by atoms with E-state index in [0.717, 1.165) is 24.3 Å². The molecule has 0 saturated carbocycles. The highest BCUT2D eigenvalue weighted by Gasteiger charge is 2.21. The molecule has 0 aliphatic heterocycles. The summed E-state index contributed by atoms with van der Waals surface area (Å²) in [4.78, 5) is 14.4. The van der Waals surface area contributed by atoms with Crippen molar-refractivity contribution in [2.45, 2.75) is 25.8 Å². The zero-order valence-corrected chi connectivity index (χ0v) is 19.3. The minimum Gasteiger partial charge on any atom is -0.448 e. The summed E-state index contributed by atoms with van der Waals surface area (Å²) in [6, 6.07) is 16.2. The molecule has 0 saturated heterocycles. The summed E-state index contributed by atoms with van der Waals surface area (Å²) in [7, 11) is -3.70. The zero-order valence-electron chi connectivity index (χ0n) is 18.5. The van der Waals surface area contributed by atoms with E-state index in [-0.39, 0.29) is 17.4 Å². The third-order valence-electron chi connectivity index (χ3n) is 5.09. The van der Waals surface area contributed by atoms with Crippen molar-refractivity contribution in [1.82, 2.24) is 9.78 Å². The van der Waals surface area contributed by atoms with Crippen molar-refractivity contribution in [3.63, 3.8) is 0 Å². The maximum atomic E-state index is 12.8. The van der Waals surface area contributed by atoms with E-state index in [1.54, 1.807) is 24.3 Å². The van der Waals surface area contributed by atoms with Gasteiger partial charge in [0.05, 0.1) is 17.6 Å². The average molecular weight is 457 g/mol. The van der Waals surface area contributed by atoms with Gasteiger partial charge in [0.2, 0.25) is 0 Å². The number of aromatic nitrogens is 2. The van der Waals surface area contributed by atoms with Crippen molar-refractivity contribution in [3.05, 3.63) is 66.4 Å². The lowest BCUT2D eigenvalue weighted by Crippen LogP contribution is -2.22. The first kappa shape index (κ1) is 23.3. The molecular formula is C23H28N4O4S. The first-order chi connectivity index (χ1) is 15.4. The monoisotopic (exact) mass is 456 g/mol. The molecule has 3 aromatic rings. The lowest BCUT2D eigenvalue weighted by atomic mass is 10.1. The summed E-state index contributed by atoms with van der Waals surface area (Å²) in [5.41, 5.74) is 3.23. The summed E-state index contributed by atoms with van der Waals surface area (Å²) in [6.07, 6.45) is 0.730. The van der Waals surface area contributed by atoms with Crippen LogP contribution in [0.3, 0.4) is 0 Å². The highest BCUT2D eigenvalue weighted by molar-refractivity contribution is 7.91. The first-order valence-electron chi connectivity index (χ1n) is 10.5. The molecule has 1 N–H and O–H groups in total. The van der Waals surface area contributed by atoms with Gasteiger partial charge in [-0.25, -0.2) is 17.9 Å². The minimum absolute atomic E-state index is 0.0514. The Kier molecular flexibility index (Phi) is 7.53. The Morgan fingerprint density at radius 1 is 1.09 bits per heavy atom. The van der Waals surface area contributed by atoms with E-state index in [2.05, 4.69) is 29.2 Å². The second-order valence-electron chi connectivity index (χ2n) is 7.17. The predicted octanol–water partition coefficient (Wildman–Crippen LogP) is 4.05. The van der Waals surface area contributed by atoms with Crippen LogP contribution in [-0.2, 0) is 14.6 Å². The zero-order chi connectivity index (χ0) is 23.1. The standard InChI is InChI=1S/C23H28N4O4S/c1-4-26(5-2)20-11-12-21(18(3)17-20)25-23(28)31-15-16-32(29,30)22-13-14-24-27(22)19-9-7-6-8-10-19/h6-14,17H,4-5,15-16H2,1-3H3,(H,25,28). The lowest BCUT2D eigenvalue weighted by Gasteiger charge is -2.22. The van der Waals surface area contributed by atoms with E-state index in [1.165, 1.54) is 16.9 Å². The number of nitrogens with one attached hydrogen (secondary N) is 1. The van der Waals surface area contributed by atoms with Crippen LogP contribution < -0.4 is 10.2 Å². The van der Waals surface area contributed by atoms with Crippen molar-refractivity contribution in [2.24, 2.45) is 0 Å². The quantitative estimate of drug-likeness (QED) is 0.522. The number of hydrogen-bond donors (Lipinski definition) is 1. The fourth-order valence-electron chi connectivity index (χ4n) is 3.36. The smallest absolute Gasteiger partial charge is 0.411 e. The second kappa shape index (κ2) is 10.3. The van der Waals surface area contributed by atoms with Crippen LogP contribution in [0.25, 0.3) is 5.69 Å². The number of ether oxygens (including phenoxy) is 1. The number of rotatable bonds is 9. The van der Waals surface area contributed by atoms with Crippen molar-refractivity contribution in [2.75, 3.05) is 35.7 Å². The number of carbonyl (C=O) groups excluding carboxylic acids is 1. The van der Waals surface area contributed by atoms with E-state index >= 15 is 0 Å². The Balaban J connectivity index is 1.59. The summed E-state index contributed by atoms with van der Waals surface area (Å²) < 4.78 is 32.0. The van der Waals surface area contributed by atoms with Gasteiger partial charge in [-0.2, -0.15) is 5.10 Å². The second-order valence-corrected chi connectivity index (χ2v) is 9.22. The third kappa shape index (κ3) is 5.47. The van der Waals surface area contributed by atoms with Crippen LogP contribution >= 0.6 is 0 Å². The molecule has 1 aromatic heterocycles. The molecular weight excluding hydrogens is 428 g/mol. The van der Waals surface area contributed by atoms with Gasteiger partial charge >= 0.3 is 6.09 Å². The molecule has 0 bridgehead atoms. The van der Waals surface area contributed by atoms with E-state index < -0.39 is 15.9 Å². The van der Waals surface area contributed by atoms with Gasteiger partial charge in [0.25, 0.3) is 0 Å². The lowest BCUT2D eigenvalue weighted by molar-refractivity contribution is 0.168. The van der Waals surface area contributed by atoms with E-state index in [0.29, 0.717) is 11.4 Å². The van der Waals surface area contributed by atoms with Crippen molar-refractivity contribution >= 4 is 27.3 Å².